The Bertz CT molecular complexity index is 678. The van der Waals surface area contributed by atoms with Gasteiger partial charge >= 0.3 is 0 Å². The molecule has 7 heteroatoms. The van der Waals surface area contributed by atoms with Crippen LogP contribution in [0.15, 0.2) is 41.7 Å². The van der Waals surface area contributed by atoms with Crippen molar-refractivity contribution in [3.8, 4) is 0 Å². The maximum Gasteiger partial charge on any atom is 0.263 e. The molecule has 3 N–H and O–H groups in total. The topological polar surface area (TPSA) is 90.0 Å². The van der Waals surface area contributed by atoms with Crippen LogP contribution < -0.4 is 10.5 Å². The van der Waals surface area contributed by atoms with Gasteiger partial charge in [0, 0.05) is 30.7 Å². The summed E-state index contributed by atoms with van der Waals surface area (Å²) in [6.45, 7) is 4.24. The standard InChI is InChI=1S/C13H18N4O2S/c1-10(2)17-9-13(6-12(17)7-14)20(18,19)16-11-4-3-5-15-8-11/h3-6,8-10,16H,7,14H2,1-2H3. The molecule has 108 valence electrons. The minimum atomic E-state index is -3.62. The smallest absolute Gasteiger partial charge is 0.263 e. The molecule has 0 aliphatic rings. The van der Waals surface area contributed by atoms with Crippen molar-refractivity contribution in [3.63, 3.8) is 0 Å². The van der Waals surface area contributed by atoms with Crippen LogP contribution in [0.25, 0.3) is 0 Å². The molecule has 0 radical (unpaired) electrons. The van der Waals surface area contributed by atoms with E-state index in [0.717, 1.165) is 5.69 Å². The van der Waals surface area contributed by atoms with Gasteiger partial charge < -0.3 is 10.3 Å². The maximum atomic E-state index is 12.3. The molecule has 0 fully saturated rings. The van der Waals surface area contributed by atoms with Gasteiger partial charge in [0.1, 0.15) is 4.90 Å². The van der Waals surface area contributed by atoms with Gasteiger partial charge in [-0.3, -0.25) is 9.71 Å². The zero-order valence-electron chi connectivity index (χ0n) is 11.4. The Balaban J connectivity index is 2.35. The van der Waals surface area contributed by atoms with Crippen molar-refractivity contribution < 1.29 is 8.42 Å². The zero-order chi connectivity index (χ0) is 14.8. The van der Waals surface area contributed by atoms with Gasteiger partial charge in [0.15, 0.2) is 0 Å². The number of rotatable bonds is 5. The highest BCUT2D eigenvalue weighted by Crippen LogP contribution is 2.21. The van der Waals surface area contributed by atoms with E-state index < -0.39 is 10.0 Å². The minimum Gasteiger partial charge on any atom is -0.346 e. The lowest BCUT2D eigenvalue weighted by Crippen LogP contribution is -2.12. The first-order valence-corrected chi connectivity index (χ1v) is 7.76. The van der Waals surface area contributed by atoms with Gasteiger partial charge in [-0.15, -0.1) is 0 Å². The molecule has 2 aromatic rings. The number of hydrogen-bond donors (Lipinski definition) is 2. The lowest BCUT2D eigenvalue weighted by Gasteiger charge is -2.10. The number of nitrogens with two attached hydrogens (primary N) is 1. The molecule has 2 rings (SSSR count). The largest absolute Gasteiger partial charge is 0.346 e. The van der Waals surface area contributed by atoms with Crippen LogP contribution in [0.5, 0.6) is 0 Å². The van der Waals surface area contributed by atoms with Gasteiger partial charge in [-0.25, -0.2) is 8.42 Å². The molecule has 0 amide bonds. The summed E-state index contributed by atoms with van der Waals surface area (Å²) in [6, 6.07) is 5.06. The molecule has 2 aromatic heterocycles. The molecular formula is C13H18N4O2S. The molecular weight excluding hydrogens is 276 g/mol. The van der Waals surface area contributed by atoms with Gasteiger partial charge in [-0.2, -0.15) is 0 Å². The Hall–Kier alpha value is -1.86. The fraction of sp³-hybridized carbons (Fsp3) is 0.308. The number of aromatic nitrogens is 2. The third-order valence-corrected chi connectivity index (χ3v) is 4.24. The summed E-state index contributed by atoms with van der Waals surface area (Å²) >= 11 is 0. The number of anilines is 1. The molecule has 0 aliphatic heterocycles. The lowest BCUT2D eigenvalue weighted by molar-refractivity contribution is 0.573. The van der Waals surface area contributed by atoms with E-state index in [1.54, 1.807) is 30.6 Å². The highest BCUT2D eigenvalue weighted by Gasteiger charge is 2.19. The maximum absolute atomic E-state index is 12.3. The molecule has 0 bridgehead atoms. The van der Waals surface area contributed by atoms with Crippen LogP contribution in [0.1, 0.15) is 25.6 Å². The third-order valence-electron chi connectivity index (χ3n) is 2.90. The zero-order valence-corrected chi connectivity index (χ0v) is 12.3. The van der Waals surface area contributed by atoms with Crippen LogP contribution in [0.4, 0.5) is 5.69 Å². The number of nitrogens with one attached hydrogen (secondary N) is 1. The highest BCUT2D eigenvalue weighted by molar-refractivity contribution is 7.92. The van der Waals surface area contributed by atoms with Crippen molar-refractivity contribution in [2.24, 2.45) is 5.73 Å². The van der Waals surface area contributed by atoms with E-state index in [-0.39, 0.29) is 10.9 Å². The van der Waals surface area contributed by atoms with Crippen LogP contribution in [-0.4, -0.2) is 18.0 Å². The molecule has 0 saturated carbocycles. The number of hydrogen-bond acceptors (Lipinski definition) is 4. The predicted octanol–water partition coefficient (Wildman–Crippen LogP) is 1.72. The molecule has 0 aromatic carbocycles. The molecule has 2 heterocycles. The van der Waals surface area contributed by atoms with Crippen molar-refractivity contribution in [3.05, 3.63) is 42.5 Å². The van der Waals surface area contributed by atoms with Crippen LogP contribution in [0, 0.1) is 0 Å². The lowest BCUT2D eigenvalue weighted by atomic mass is 10.3. The van der Waals surface area contributed by atoms with Crippen molar-refractivity contribution >= 4 is 15.7 Å². The van der Waals surface area contributed by atoms with E-state index >= 15 is 0 Å². The Morgan fingerprint density at radius 1 is 1.45 bits per heavy atom. The quantitative estimate of drug-likeness (QED) is 0.878. The first kappa shape index (κ1) is 14.5. The van der Waals surface area contributed by atoms with E-state index in [0.29, 0.717) is 12.2 Å². The second kappa shape index (κ2) is 5.64. The summed E-state index contributed by atoms with van der Waals surface area (Å²) in [7, 11) is -3.62. The number of nitrogens with zero attached hydrogens (tertiary/aromatic N) is 2. The second-order valence-corrected chi connectivity index (χ2v) is 6.40. The minimum absolute atomic E-state index is 0.149. The SMILES string of the molecule is CC(C)n1cc(S(=O)(=O)Nc2cccnc2)cc1CN. The summed E-state index contributed by atoms with van der Waals surface area (Å²) < 4.78 is 29.0. The van der Waals surface area contributed by atoms with Crippen molar-refractivity contribution in [1.82, 2.24) is 9.55 Å². The first-order valence-electron chi connectivity index (χ1n) is 6.27. The van der Waals surface area contributed by atoms with Crippen LogP contribution in [0.3, 0.4) is 0 Å². The van der Waals surface area contributed by atoms with Gasteiger partial charge in [-0.1, -0.05) is 0 Å². The predicted molar refractivity (Wildman–Crippen MR) is 77.8 cm³/mol. The fourth-order valence-corrected chi connectivity index (χ4v) is 3.02. The van der Waals surface area contributed by atoms with E-state index in [9.17, 15) is 8.42 Å². The molecule has 6 nitrogen and oxygen atoms in total. The van der Waals surface area contributed by atoms with Gasteiger partial charge in [0.25, 0.3) is 10.0 Å². The normalized spacial score (nSPS) is 11.8. The molecule has 20 heavy (non-hydrogen) atoms. The van der Waals surface area contributed by atoms with Gasteiger partial charge in [0.05, 0.1) is 11.9 Å². The van der Waals surface area contributed by atoms with Crippen molar-refractivity contribution in [2.75, 3.05) is 4.72 Å². The Labute approximate surface area is 118 Å². The molecule has 0 aliphatic carbocycles. The number of pyridine rings is 1. The summed E-state index contributed by atoms with van der Waals surface area (Å²) in [5.74, 6) is 0. The van der Waals surface area contributed by atoms with Gasteiger partial charge in [-0.05, 0) is 32.0 Å². The van der Waals surface area contributed by atoms with Crippen molar-refractivity contribution in [2.45, 2.75) is 31.3 Å². The summed E-state index contributed by atoms with van der Waals surface area (Å²) in [5, 5.41) is 0. The average molecular weight is 294 g/mol. The Morgan fingerprint density at radius 2 is 2.20 bits per heavy atom. The van der Waals surface area contributed by atoms with E-state index in [4.69, 9.17) is 5.73 Å². The number of sulfonamides is 1. The highest BCUT2D eigenvalue weighted by atomic mass is 32.2. The summed E-state index contributed by atoms with van der Waals surface area (Å²) in [6.07, 6.45) is 4.64. The molecule has 0 unspecified atom stereocenters. The van der Waals surface area contributed by atoms with Crippen LogP contribution >= 0.6 is 0 Å². The molecule has 0 saturated heterocycles. The Morgan fingerprint density at radius 3 is 2.70 bits per heavy atom. The fourth-order valence-electron chi connectivity index (χ4n) is 1.93. The first-order chi connectivity index (χ1) is 9.44. The second-order valence-electron chi connectivity index (χ2n) is 4.72. The van der Waals surface area contributed by atoms with E-state index in [1.807, 2.05) is 18.4 Å². The van der Waals surface area contributed by atoms with Gasteiger partial charge in [0.2, 0.25) is 0 Å². The van der Waals surface area contributed by atoms with Crippen molar-refractivity contribution in [1.29, 1.82) is 0 Å². The third kappa shape index (κ3) is 3.00. The molecule has 0 spiro atoms. The van der Waals surface area contributed by atoms with E-state index in [2.05, 4.69) is 9.71 Å². The van der Waals surface area contributed by atoms with E-state index in [1.165, 1.54) is 6.20 Å². The monoisotopic (exact) mass is 294 g/mol. The van der Waals surface area contributed by atoms with Crippen LogP contribution in [0.2, 0.25) is 0 Å². The summed E-state index contributed by atoms with van der Waals surface area (Å²) in [5.41, 5.74) is 6.87. The Kier molecular flexibility index (Phi) is 4.10. The average Bonchev–Trinajstić information content (AvgIpc) is 2.84. The summed E-state index contributed by atoms with van der Waals surface area (Å²) in [4.78, 5) is 4.08. The van der Waals surface area contributed by atoms with Crippen LogP contribution in [-0.2, 0) is 16.6 Å². The molecule has 0 atom stereocenters.